The van der Waals surface area contributed by atoms with Crippen molar-refractivity contribution < 1.29 is 26.4 Å². The van der Waals surface area contributed by atoms with E-state index in [-0.39, 0.29) is 42.9 Å². The lowest BCUT2D eigenvalue weighted by Crippen LogP contribution is -2.31. The molecular formula is C18H11Cl2F3N2O3S. The molecule has 0 spiro atoms. The molecule has 0 aliphatic carbocycles. The van der Waals surface area contributed by atoms with Gasteiger partial charge in [0, 0.05) is 27.4 Å². The number of hydroxylamine groups is 1. The summed E-state index contributed by atoms with van der Waals surface area (Å²) in [5, 5.41) is 9.53. The maximum atomic E-state index is 13.6. The third-order valence-corrected chi connectivity index (χ3v) is 5.66. The minimum Gasteiger partial charge on any atom is -0.265 e. The maximum Gasteiger partial charge on any atom is 0.421 e. The van der Waals surface area contributed by atoms with Crippen molar-refractivity contribution in [2.24, 2.45) is 0 Å². The summed E-state index contributed by atoms with van der Waals surface area (Å²) >= 11 is 11.9. The molecule has 1 atom stereocenters. The van der Waals surface area contributed by atoms with E-state index in [9.17, 15) is 26.9 Å². The quantitative estimate of drug-likeness (QED) is 0.720. The first-order valence-electron chi connectivity index (χ1n) is 7.85. The number of nitrogens with zero attached hydrogens (tertiary/aromatic N) is 1. The zero-order valence-corrected chi connectivity index (χ0v) is 16.8. The van der Waals surface area contributed by atoms with E-state index in [0.717, 1.165) is 12.3 Å². The maximum absolute atomic E-state index is 13.6. The number of hydrogen-bond donors (Lipinski definition) is 1. The van der Waals surface area contributed by atoms with Crippen LogP contribution in [-0.4, -0.2) is 27.0 Å². The minimum atomic E-state index is -4.76. The summed E-state index contributed by atoms with van der Waals surface area (Å²) < 4.78 is 64.3. The van der Waals surface area contributed by atoms with Gasteiger partial charge in [0.2, 0.25) is 6.10 Å². The normalized spacial score (nSPS) is 17.2. The fraction of sp³-hybridized carbons (Fsp3) is 0.167. The van der Waals surface area contributed by atoms with Crippen LogP contribution < -0.4 is 5.48 Å². The summed E-state index contributed by atoms with van der Waals surface area (Å²) in [5.41, 5.74) is 1.85. The van der Waals surface area contributed by atoms with Gasteiger partial charge in [0.1, 0.15) is 6.07 Å². The van der Waals surface area contributed by atoms with E-state index < -0.39 is 22.1 Å². The SMILES string of the molecule is CS(=O)(=O)c1ccc(C2=C(c3cc(Cl)cc(Cl)c3)C(C(F)(F)F)ON2)cc1C#N. The largest absolute Gasteiger partial charge is 0.421 e. The lowest BCUT2D eigenvalue weighted by atomic mass is 9.95. The molecule has 3 rings (SSSR count). The highest BCUT2D eigenvalue weighted by atomic mass is 35.5. The molecular weight excluding hydrogens is 452 g/mol. The fourth-order valence-corrected chi connectivity index (χ4v) is 4.25. The lowest BCUT2D eigenvalue weighted by molar-refractivity contribution is -0.205. The third-order valence-electron chi connectivity index (χ3n) is 4.07. The monoisotopic (exact) mass is 462 g/mol. The van der Waals surface area contributed by atoms with E-state index in [0.29, 0.717) is 0 Å². The summed E-state index contributed by atoms with van der Waals surface area (Å²) in [5.74, 6) is 0. The van der Waals surface area contributed by atoms with Crippen LogP contribution in [0.25, 0.3) is 11.3 Å². The van der Waals surface area contributed by atoms with Gasteiger partial charge < -0.3 is 0 Å². The van der Waals surface area contributed by atoms with Gasteiger partial charge in [-0.1, -0.05) is 29.3 Å². The Kier molecular flexibility index (Phi) is 5.58. The van der Waals surface area contributed by atoms with Crippen molar-refractivity contribution >= 4 is 44.3 Å². The van der Waals surface area contributed by atoms with Gasteiger partial charge in [-0.05, 0) is 35.9 Å². The zero-order valence-electron chi connectivity index (χ0n) is 14.5. The summed E-state index contributed by atoms with van der Waals surface area (Å²) in [6.07, 6.45) is -6.16. The van der Waals surface area contributed by atoms with E-state index in [2.05, 4.69) is 5.48 Å². The second-order valence-electron chi connectivity index (χ2n) is 6.18. The minimum absolute atomic E-state index is 0.0653. The van der Waals surface area contributed by atoms with Crippen LogP contribution in [0.3, 0.4) is 0 Å². The van der Waals surface area contributed by atoms with Crippen molar-refractivity contribution in [1.82, 2.24) is 5.48 Å². The highest BCUT2D eigenvalue weighted by Gasteiger charge is 2.48. The molecule has 5 nitrogen and oxygen atoms in total. The molecule has 1 N–H and O–H groups in total. The number of sulfone groups is 1. The molecule has 152 valence electrons. The summed E-state index contributed by atoms with van der Waals surface area (Å²) in [7, 11) is -3.70. The van der Waals surface area contributed by atoms with Gasteiger partial charge in [0.05, 0.1) is 16.2 Å². The molecule has 0 saturated carbocycles. The van der Waals surface area contributed by atoms with Crippen LogP contribution in [0.5, 0.6) is 0 Å². The number of halogens is 5. The van der Waals surface area contributed by atoms with Crippen LogP contribution in [0.4, 0.5) is 13.2 Å². The van der Waals surface area contributed by atoms with E-state index in [1.54, 1.807) is 6.07 Å². The topological polar surface area (TPSA) is 79.2 Å². The summed E-state index contributed by atoms with van der Waals surface area (Å²) in [4.78, 5) is 4.53. The van der Waals surface area contributed by atoms with Crippen LogP contribution >= 0.6 is 23.2 Å². The number of nitriles is 1. The molecule has 2 aromatic carbocycles. The predicted octanol–water partition coefficient (Wildman–Crippen LogP) is 4.60. The van der Waals surface area contributed by atoms with Gasteiger partial charge >= 0.3 is 6.18 Å². The van der Waals surface area contributed by atoms with E-state index >= 15 is 0 Å². The Hall–Kier alpha value is -2.25. The number of hydrogen-bond acceptors (Lipinski definition) is 5. The van der Waals surface area contributed by atoms with Crippen LogP contribution in [0.15, 0.2) is 41.3 Å². The van der Waals surface area contributed by atoms with Crippen molar-refractivity contribution in [2.45, 2.75) is 17.2 Å². The van der Waals surface area contributed by atoms with E-state index in [1.165, 1.54) is 30.3 Å². The molecule has 11 heteroatoms. The van der Waals surface area contributed by atoms with Gasteiger partial charge in [-0.2, -0.15) is 18.4 Å². The first-order chi connectivity index (χ1) is 13.4. The molecule has 0 bridgehead atoms. The first-order valence-corrected chi connectivity index (χ1v) is 10.5. The third kappa shape index (κ3) is 4.36. The Morgan fingerprint density at radius 1 is 1.10 bits per heavy atom. The second-order valence-corrected chi connectivity index (χ2v) is 9.04. The molecule has 1 aliphatic rings. The second kappa shape index (κ2) is 7.54. The molecule has 0 radical (unpaired) electrons. The first kappa shape index (κ1) is 21.5. The van der Waals surface area contributed by atoms with Crippen molar-refractivity contribution in [3.8, 4) is 6.07 Å². The standard InChI is InChI=1S/C18H11Cl2F3N2O3S/c1-29(26,27)14-3-2-9(4-11(14)8-24)16-15(17(28-25-16)18(21,22)23)10-5-12(19)7-13(20)6-10/h2-7,17,25H,1H3. The van der Waals surface area contributed by atoms with Crippen molar-refractivity contribution in [3.63, 3.8) is 0 Å². The van der Waals surface area contributed by atoms with Crippen LogP contribution in [0.2, 0.25) is 10.0 Å². The van der Waals surface area contributed by atoms with Crippen molar-refractivity contribution in [1.29, 1.82) is 5.26 Å². The van der Waals surface area contributed by atoms with Crippen molar-refractivity contribution in [2.75, 3.05) is 6.26 Å². The highest BCUT2D eigenvalue weighted by Crippen LogP contribution is 2.42. The summed E-state index contributed by atoms with van der Waals surface area (Å²) in [6, 6.07) is 9.33. The highest BCUT2D eigenvalue weighted by molar-refractivity contribution is 7.90. The fourth-order valence-electron chi connectivity index (χ4n) is 2.91. The number of alkyl halides is 3. The van der Waals surface area contributed by atoms with Crippen LogP contribution in [0.1, 0.15) is 16.7 Å². The van der Waals surface area contributed by atoms with E-state index in [4.69, 9.17) is 28.0 Å². The Morgan fingerprint density at radius 3 is 2.24 bits per heavy atom. The molecule has 1 unspecified atom stereocenters. The Balaban J connectivity index is 2.27. The number of benzene rings is 2. The van der Waals surface area contributed by atoms with Gasteiger partial charge in [0.15, 0.2) is 9.84 Å². The van der Waals surface area contributed by atoms with Crippen LogP contribution in [-0.2, 0) is 14.7 Å². The smallest absolute Gasteiger partial charge is 0.265 e. The van der Waals surface area contributed by atoms with Gasteiger partial charge in [-0.3, -0.25) is 10.3 Å². The molecule has 1 heterocycles. The predicted molar refractivity (Wildman–Crippen MR) is 102 cm³/mol. The van der Waals surface area contributed by atoms with E-state index in [1.807, 2.05) is 0 Å². The molecule has 1 aliphatic heterocycles. The molecule has 0 fully saturated rings. The average molecular weight is 463 g/mol. The Labute approximate surface area is 174 Å². The zero-order chi connectivity index (χ0) is 21.6. The molecule has 0 aromatic heterocycles. The van der Waals surface area contributed by atoms with Gasteiger partial charge in [-0.15, -0.1) is 0 Å². The van der Waals surface area contributed by atoms with Gasteiger partial charge in [0.25, 0.3) is 0 Å². The van der Waals surface area contributed by atoms with Gasteiger partial charge in [-0.25, -0.2) is 8.42 Å². The number of rotatable bonds is 3. The molecule has 2 aromatic rings. The average Bonchev–Trinajstić information content (AvgIpc) is 3.05. The lowest BCUT2D eigenvalue weighted by Gasteiger charge is -2.17. The summed E-state index contributed by atoms with van der Waals surface area (Å²) in [6.45, 7) is 0. The Morgan fingerprint density at radius 2 is 1.72 bits per heavy atom. The molecule has 0 saturated heterocycles. The van der Waals surface area contributed by atoms with Crippen LogP contribution in [0, 0.1) is 11.3 Å². The Bertz CT molecular complexity index is 1150. The molecule has 0 amide bonds. The number of nitrogens with one attached hydrogen (secondary N) is 1. The van der Waals surface area contributed by atoms with Crippen molar-refractivity contribution in [3.05, 3.63) is 63.1 Å². The molecule has 29 heavy (non-hydrogen) atoms.